The Morgan fingerprint density at radius 1 is 1.25 bits per heavy atom. The quantitative estimate of drug-likeness (QED) is 0.928. The van der Waals surface area contributed by atoms with Gasteiger partial charge in [-0.3, -0.25) is 9.78 Å². The molecule has 1 aromatic heterocycles. The van der Waals surface area contributed by atoms with Gasteiger partial charge in [0.15, 0.2) is 0 Å². The molecule has 2 heterocycles. The third-order valence-electron chi connectivity index (χ3n) is 3.72. The Morgan fingerprint density at radius 3 is 2.80 bits per heavy atom. The highest BCUT2D eigenvalue weighted by Gasteiger charge is 2.30. The van der Waals surface area contributed by atoms with Gasteiger partial charge in [0, 0.05) is 36.7 Å². The predicted molar refractivity (Wildman–Crippen MR) is 79.3 cm³/mol. The standard InChI is InChI=1S/C16H17N3O/c17-15-6-7-18-10-13(15)8-12-9-16(20)19(11-12)14-4-2-1-3-5-14/h1-7,10,12H,8-9,11H2,(H2,17,18)/t12-/m0/s1. The van der Waals surface area contributed by atoms with Gasteiger partial charge in [-0.15, -0.1) is 0 Å². The number of hydrogen-bond donors (Lipinski definition) is 1. The van der Waals surface area contributed by atoms with Crippen LogP contribution in [0.5, 0.6) is 0 Å². The molecule has 0 unspecified atom stereocenters. The summed E-state index contributed by atoms with van der Waals surface area (Å²) in [5.74, 6) is 0.484. The Bertz CT molecular complexity index is 612. The SMILES string of the molecule is Nc1ccncc1C[C@H]1CC(=O)N(c2ccccc2)C1. The number of rotatable bonds is 3. The summed E-state index contributed by atoms with van der Waals surface area (Å²) in [5, 5.41) is 0. The topological polar surface area (TPSA) is 59.2 Å². The molecular formula is C16H17N3O. The van der Waals surface area contributed by atoms with Crippen LogP contribution in [0.15, 0.2) is 48.8 Å². The second-order valence-electron chi connectivity index (χ2n) is 5.19. The van der Waals surface area contributed by atoms with Gasteiger partial charge >= 0.3 is 0 Å². The number of para-hydroxylation sites is 1. The summed E-state index contributed by atoms with van der Waals surface area (Å²) in [5.41, 5.74) is 8.70. The minimum atomic E-state index is 0.184. The average Bonchev–Trinajstić information content (AvgIpc) is 2.83. The van der Waals surface area contributed by atoms with Crippen molar-refractivity contribution >= 4 is 17.3 Å². The van der Waals surface area contributed by atoms with Crippen LogP contribution in [0.25, 0.3) is 0 Å². The summed E-state index contributed by atoms with van der Waals surface area (Å²) in [6.07, 6.45) is 4.86. The Labute approximate surface area is 118 Å². The van der Waals surface area contributed by atoms with Crippen LogP contribution in [0.2, 0.25) is 0 Å². The molecule has 0 aliphatic carbocycles. The lowest BCUT2D eigenvalue weighted by Gasteiger charge is -2.16. The van der Waals surface area contributed by atoms with Crippen LogP contribution in [0.3, 0.4) is 0 Å². The second kappa shape index (κ2) is 5.33. The highest BCUT2D eigenvalue weighted by atomic mass is 16.2. The van der Waals surface area contributed by atoms with Gasteiger partial charge < -0.3 is 10.6 Å². The van der Waals surface area contributed by atoms with Crippen LogP contribution >= 0.6 is 0 Å². The first-order chi connectivity index (χ1) is 9.74. The van der Waals surface area contributed by atoms with Crippen LogP contribution < -0.4 is 10.6 Å². The van der Waals surface area contributed by atoms with Crippen molar-refractivity contribution in [1.29, 1.82) is 0 Å². The Hall–Kier alpha value is -2.36. The van der Waals surface area contributed by atoms with E-state index in [4.69, 9.17) is 5.73 Å². The first-order valence-electron chi connectivity index (χ1n) is 6.78. The molecule has 3 rings (SSSR count). The molecule has 0 radical (unpaired) electrons. The lowest BCUT2D eigenvalue weighted by atomic mass is 9.99. The van der Waals surface area contributed by atoms with Crippen molar-refractivity contribution in [2.45, 2.75) is 12.8 Å². The number of nitrogens with two attached hydrogens (primary N) is 1. The Kier molecular flexibility index (Phi) is 3.37. The fourth-order valence-electron chi connectivity index (χ4n) is 2.70. The maximum Gasteiger partial charge on any atom is 0.227 e. The van der Waals surface area contributed by atoms with Gasteiger partial charge in [0.25, 0.3) is 0 Å². The van der Waals surface area contributed by atoms with Crippen molar-refractivity contribution in [3.05, 3.63) is 54.4 Å². The van der Waals surface area contributed by atoms with Crippen molar-refractivity contribution in [3.63, 3.8) is 0 Å². The Morgan fingerprint density at radius 2 is 2.05 bits per heavy atom. The summed E-state index contributed by atoms with van der Waals surface area (Å²) >= 11 is 0. The van der Waals surface area contributed by atoms with Gasteiger partial charge in [-0.1, -0.05) is 18.2 Å². The highest BCUT2D eigenvalue weighted by Crippen LogP contribution is 2.28. The van der Waals surface area contributed by atoms with Crippen molar-refractivity contribution in [1.82, 2.24) is 4.98 Å². The number of nitrogen functional groups attached to an aromatic ring is 1. The normalized spacial score (nSPS) is 18.5. The summed E-state index contributed by atoms with van der Waals surface area (Å²) in [6, 6.07) is 11.6. The van der Waals surface area contributed by atoms with E-state index >= 15 is 0 Å². The number of amides is 1. The zero-order valence-corrected chi connectivity index (χ0v) is 11.2. The highest BCUT2D eigenvalue weighted by molar-refractivity contribution is 5.95. The molecule has 1 aromatic carbocycles. The molecule has 20 heavy (non-hydrogen) atoms. The van der Waals surface area contributed by atoms with Crippen LogP contribution in [0.1, 0.15) is 12.0 Å². The molecule has 1 atom stereocenters. The number of hydrogen-bond acceptors (Lipinski definition) is 3. The van der Waals surface area contributed by atoms with Crippen LogP contribution in [-0.4, -0.2) is 17.4 Å². The van der Waals surface area contributed by atoms with E-state index in [-0.39, 0.29) is 5.91 Å². The van der Waals surface area contributed by atoms with E-state index in [9.17, 15) is 4.79 Å². The zero-order chi connectivity index (χ0) is 13.9. The first kappa shape index (κ1) is 12.7. The molecule has 0 saturated carbocycles. The molecule has 1 saturated heterocycles. The summed E-state index contributed by atoms with van der Waals surface area (Å²) < 4.78 is 0. The zero-order valence-electron chi connectivity index (χ0n) is 11.2. The molecule has 1 aliphatic heterocycles. The number of anilines is 2. The number of carbonyl (C=O) groups is 1. The van der Waals surface area contributed by atoms with Gasteiger partial charge in [-0.25, -0.2) is 0 Å². The number of nitrogens with zero attached hydrogens (tertiary/aromatic N) is 2. The second-order valence-corrected chi connectivity index (χ2v) is 5.19. The van der Waals surface area contributed by atoms with E-state index in [2.05, 4.69) is 4.98 Å². The molecular weight excluding hydrogens is 250 g/mol. The molecule has 102 valence electrons. The van der Waals surface area contributed by atoms with E-state index in [1.54, 1.807) is 18.5 Å². The summed E-state index contributed by atoms with van der Waals surface area (Å²) in [6.45, 7) is 0.747. The van der Waals surface area contributed by atoms with Crippen LogP contribution in [0.4, 0.5) is 11.4 Å². The molecule has 4 nitrogen and oxygen atoms in total. The van der Waals surface area contributed by atoms with E-state index < -0.39 is 0 Å². The molecule has 4 heteroatoms. The largest absolute Gasteiger partial charge is 0.398 e. The minimum absolute atomic E-state index is 0.184. The number of pyridine rings is 1. The summed E-state index contributed by atoms with van der Waals surface area (Å²) in [4.78, 5) is 18.1. The van der Waals surface area contributed by atoms with E-state index in [0.29, 0.717) is 12.3 Å². The maximum absolute atomic E-state index is 12.1. The number of benzene rings is 1. The number of aromatic nitrogens is 1. The van der Waals surface area contributed by atoms with Crippen LogP contribution in [-0.2, 0) is 11.2 Å². The average molecular weight is 267 g/mol. The first-order valence-corrected chi connectivity index (χ1v) is 6.78. The summed E-state index contributed by atoms with van der Waals surface area (Å²) in [7, 11) is 0. The van der Waals surface area contributed by atoms with Crippen molar-refractivity contribution in [3.8, 4) is 0 Å². The van der Waals surface area contributed by atoms with Gasteiger partial charge in [0.05, 0.1) is 0 Å². The fourth-order valence-corrected chi connectivity index (χ4v) is 2.70. The maximum atomic E-state index is 12.1. The van der Waals surface area contributed by atoms with Crippen molar-refractivity contribution < 1.29 is 4.79 Å². The molecule has 0 spiro atoms. The monoisotopic (exact) mass is 267 g/mol. The third kappa shape index (κ3) is 2.50. The molecule has 2 aromatic rings. The minimum Gasteiger partial charge on any atom is -0.398 e. The molecule has 0 bridgehead atoms. The molecule has 1 amide bonds. The smallest absolute Gasteiger partial charge is 0.227 e. The Balaban J connectivity index is 1.73. The lowest BCUT2D eigenvalue weighted by molar-refractivity contribution is -0.117. The van der Waals surface area contributed by atoms with Gasteiger partial charge in [-0.2, -0.15) is 0 Å². The molecule has 1 aliphatic rings. The van der Waals surface area contributed by atoms with Gasteiger partial charge in [0.1, 0.15) is 0 Å². The molecule has 2 N–H and O–H groups in total. The fraction of sp³-hybridized carbons (Fsp3) is 0.250. The van der Waals surface area contributed by atoms with Crippen LogP contribution in [0, 0.1) is 5.92 Å². The predicted octanol–water partition coefficient (Wildman–Crippen LogP) is 2.26. The van der Waals surface area contributed by atoms with Gasteiger partial charge in [-0.05, 0) is 36.1 Å². The lowest BCUT2D eigenvalue weighted by Crippen LogP contribution is -2.24. The van der Waals surface area contributed by atoms with E-state index in [1.165, 1.54) is 0 Å². The number of carbonyl (C=O) groups excluding carboxylic acids is 1. The van der Waals surface area contributed by atoms with E-state index in [1.807, 2.05) is 35.2 Å². The van der Waals surface area contributed by atoms with Crippen molar-refractivity contribution in [2.75, 3.05) is 17.2 Å². The van der Waals surface area contributed by atoms with E-state index in [0.717, 1.165) is 29.9 Å². The van der Waals surface area contributed by atoms with Gasteiger partial charge in [0.2, 0.25) is 5.91 Å². The third-order valence-corrected chi connectivity index (χ3v) is 3.72. The molecule has 1 fully saturated rings. The van der Waals surface area contributed by atoms with Crippen molar-refractivity contribution in [2.24, 2.45) is 5.92 Å².